The summed E-state index contributed by atoms with van der Waals surface area (Å²) in [6.07, 6.45) is 42.2. The van der Waals surface area contributed by atoms with Crippen molar-refractivity contribution in [2.45, 2.75) is 212 Å². The fourth-order valence-electron chi connectivity index (χ4n) is 6.07. The summed E-state index contributed by atoms with van der Waals surface area (Å²) in [6.45, 7) is 4.12. The molecule has 3 atom stereocenters. The minimum atomic E-state index is -4.33. The number of aliphatic hydroxyl groups excluding tert-OH is 1. The van der Waals surface area contributed by atoms with Crippen molar-refractivity contribution in [2.24, 2.45) is 5.73 Å². The molecule has 50 heavy (non-hydrogen) atoms. The molecule has 0 saturated heterocycles. The Kier molecular flexibility index (Phi) is 37.0. The highest BCUT2D eigenvalue weighted by molar-refractivity contribution is 7.47. The standard InChI is InChI=1S/C41H81N2O6P/c1-3-5-7-9-11-13-15-17-18-19-20-21-23-24-26-28-30-32-34-40(44)39(38-49-50(46,47)48-37-36-42)43-41(45)35-33-31-29-27-25-22-16-14-12-10-8-6-4-2/h14,16,32,34,39-40,44H,3-13,15,17-31,33,35-38,42H2,1-2H3,(H,43,45)(H,46,47)/b16-14-,34-32+. The molecular formula is C41H81N2O6P. The van der Waals surface area contributed by atoms with Crippen LogP contribution in [0.25, 0.3) is 0 Å². The Morgan fingerprint density at radius 1 is 0.640 bits per heavy atom. The van der Waals surface area contributed by atoms with Crippen LogP contribution in [0.4, 0.5) is 0 Å². The third-order valence-corrected chi connectivity index (χ3v) is 10.3. The zero-order valence-corrected chi connectivity index (χ0v) is 33.5. The molecule has 1 amide bonds. The monoisotopic (exact) mass is 729 g/mol. The first-order valence-corrected chi connectivity index (χ1v) is 22.5. The van der Waals surface area contributed by atoms with E-state index in [1.165, 1.54) is 128 Å². The molecule has 0 aromatic heterocycles. The Bertz CT molecular complexity index is 840. The molecule has 0 aliphatic carbocycles. The predicted molar refractivity (Wildman–Crippen MR) is 212 cm³/mol. The van der Waals surface area contributed by atoms with Crippen molar-refractivity contribution in [1.29, 1.82) is 0 Å². The number of hydrogen-bond donors (Lipinski definition) is 4. The molecule has 8 nitrogen and oxygen atoms in total. The van der Waals surface area contributed by atoms with Gasteiger partial charge in [0.1, 0.15) is 0 Å². The Labute approximate surface area is 308 Å². The number of amides is 1. The van der Waals surface area contributed by atoms with Crippen LogP contribution in [0.3, 0.4) is 0 Å². The summed E-state index contributed by atoms with van der Waals surface area (Å²) in [6, 6.07) is -0.861. The largest absolute Gasteiger partial charge is 0.472 e. The van der Waals surface area contributed by atoms with E-state index in [0.29, 0.717) is 6.42 Å². The van der Waals surface area contributed by atoms with E-state index in [1.807, 2.05) is 6.08 Å². The van der Waals surface area contributed by atoms with Gasteiger partial charge in [0.15, 0.2) is 0 Å². The number of nitrogens with two attached hydrogens (primary N) is 1. The molecule has 0 heterocycles. The number of hydrogen-bond acceptors (Lipinski definition) is 6. The molecule has 0 aromatic rings. The smallest absolute Gasteiger partial charge is 0.387 e. The van der Waals surface area contributed by atoms with E-state index in [2.05, 4.69) is 31.3 Å². The number of phosphoric ester groups is 1. The predicted octanol–water partition coefficient (Wildman–Crippen LogP) is 11.4. The minimum absolute atomic E-state index is 0.0780. The zero-order valence-electron chi connectivity index (χ0n) is 32.6. The lowest BCUT2D eigenvalue weighted by molar-refractivity contribution is -0.123. The summed E-state index contributed by atoms with van der Waals surface area (Å²) in [5.74, 6) is -0.203. The highest BCUT2D eigenvalue weighted by Gasteiger charge is 2.26. The normalized spacial score (nSPS) is 14.4. The van der Waals surface area contributed by atoms with Crippen LogP contribution in [0.5, 0.6) is 0 Å². The topological polar surface area (TPSA) is 131 Å². The molecule has 9 heteroatoms. The van der Waals surface area contributed by atoms with Crippen LogP contribution < -0.4 is 11.1 Å². The molecule has 5 N–H and O–H groups in total. The second-order valence-corrected chi connectivity index (χ2v) is 15.7. The van der Waals surface area contributed by atoms with E-state index >= 15 is 0 Å². The Balaban J connectivity index is 4.24. The van der Waals surface area contributed by atoms with Gasteiger partial charge in [0.05, 0.1) is 25.4 Å². The SMILES string of the molecule is CCCCCC/C=C\CCCCCCCC(=O)NC(COP(=O)(O)OCCN)C(O)/C=C/CCCCCCCCCCCCCCCCCC. The molecule has 3 unspecified atom stereocenters. The number of carbonyl (C=O) groups is 1. The van der Waals surface area contributed by atoms with Gasteiger partial charge in [-0.15, -0.1) is 0 Å². The Morgan fingerprint density at radius 2 is 1.04 bits per heavy atom. The lowest BCUT2D eigenvalue weighted by atomic mass is 10.0. The molecule has 0 aromatic carbocycles. The van der Waals surface area contributed by atoms with Crippen LogP contribution >= 0.6 is 7.82 Å². The number of nitrogens with one attached hydrogen (secondary N) is 1. The molecular weight excluding hydrogens is 647 g/mol. The third kappa shape index (κ3) is 35.4. The summed E-state index contributed by atoms with van der Waals surface area (Å²) < 4.78 is 22.1. The van der Waals surface area contributed by atoms with Gasteiger partial charge in [-0.2, -0.15) is 0 Å². The van der Waals surface area contributed by atoms with Gasteiger partial charge >= 0.3 is 7.82 Å². The van der Waals surface area contributed by atoms with E-state index in [0.717, 1.165) is 51.4 Å². The molecule has 0 radical (unpaired) electrons. The zero-order chi connectivity index (χ0) is 36.8. The number of carbonyl (C=O) groups excluding carboxylic acids is 1. The van der Waals surface area contributed by atoms with E-state index in [-0.39, 0.29) is 25.7 Å². The summed E-state index contributed by atoms with van der Waals surface area (Å²) in [7, 11) is -4.33. The Hall–Kier alpha value is -1.02. The van der Waals surface area contributed by atoms with Crippen molar-refractivity contribution in [3.8, 4) is 0 Å². The van der Waals surface area contributed by atoms with Crippen molar-refractivity contribution < 1.29 is 28.4 Å². The lowest BCUT2D eigenvalue weighted by Gasteiger charge is -2.23. The maximum atomic E-state index is 12.7. The quantitative estimate of drug-likeness (QED) is 0.0281. The van der Waals surface area contributed by atoms with Gasteiger partial charge in [-0.3, -0.25) is 13.8 Å². The molecule has 0 rings (SSSR count). The van der Waals surface area contributed by atoms with E-state index in [4.69, 9.17) is 14.8 Å². The summed E-state index contributed by atoms with van der Waals surface area (Å²) in [5.41, 5.74) is 5.36. The van der Waals surface area contributed by atoms with Crippen LogP contribution in [0, 0.1) is 0 Å². The van der Waals surface area contributed by atoms with Crippen LogP contribution in [-0.2, 0) is 18.4 Å². The van der Waals surface area contributed by atoms with Crippen molar-refractivity contribution in [2.75, 3.05) is 19.8 Å². The molecule has 296 valence electrons. The van der Waals surface area contributed by atoms with Gasteiger partial charge in [0, 0.05) is 13.0 Å². The Morgan fingerprint density at radius 3 is 1.50 bits per heavy atom. The lowest BCUT2D eigenvalue weighted by Crippen LogP contribution is -2.45. The highest BCUT2D eigenvalue weighted by atomic mass is 31.2. The first-order chi connectivity index (χ1) is 24.4. The average Bonchev–Trinajstić information content (AvgIpc) is 3.10. The van der Waals surface area contributed by atoms with Crippen LogP contribution in [-0.4, -0.2) is 47.8 Å². The number of phosphoric acid groups is 1. The maximum Gasteiger partial charge on any atom is 0.472 e. The van der Waals surface area contributed by atoms with Gasteiger partial charge in [-0.25, -0.2) is 4.57 Å². The van der Waals surface area contributed by atoms with Crippen molar-refractivity contribution in [3.05, 3.63) is 24.3 Å². The van der Waals surface area contributed by atoms with E-state index < -0.39 is 20.0 Å². The first-order valence-electron chi connectivity index (χ1n) is 21.0. The molecule has 0 aliphatic heterocycles. The first kappa shape index (κ1) is 49.0. The van der Waals surface area contributed by atoms with Gasteiger partial charge in [0.25, 0.3) is 0 Å². The fourth-order valence-corrected chi connectivity index (χ4v) is 6.83. The van der Waals surface area contributed by atoms with E-state index in [9.17, 15) is 19.4 Å². The maximum absolute atomic E-state index is 12.7. The molecule has 0 spiro atoms. The van der Waals surface area contributed by atoms with Crippen LogP contribution in [0.1, 0.15) is 200 Å². The van der Waals surface area contributed by atoms with E-state index in [1.54, 1.807) is 6.08 Å². The summed E-state index contributed by atoms with van der Waals surface area (Å²) >= 11 is 0. The second-order valence-electron chi connectivity index (χ2n) is 14.2. The molecule has 0 fully saturated rings. The van der Waals surface area contributed by atoms with Gasteiger partial charge in [-0.05, 0) is 44.9 Å². The second kappa shape index (κ2) is 37.7. The number of rotatable bonds is 39. The van der Waals surface area contributed by atoms with Gasteiger partial charge < -0.3 is 21.1 Å². The van der Waals surface area contributed by atoms with Crippen molar-refractivity contribution >= 4 is 13.7 Å². The summed E-state index contributed by atoms with van der Waals surface area (Å²) in [5, 5.41) is 13.6. The third-order valence-electron chi connectivity index (χ3n) is 9.27. The average molecular weight is 729 g/mol. The summed E-state index contributed by atoms with van der Waals surface area (Å²) in [4.78, 5) is 22.6. The molecule has 0 saturated carbocycles. The van der Waals surface area contributed by atoms with Crippen molar-refractivity contribution in [3.63, 3.8) is 0 Å². The van der Waals surface area contributed by atoms with Crippen LogP contribution in [0.2, 0.25) is 0 Å². The number of unbranched alkanes of at least 4 members (excludes halogenated alkanes) is 25. The molecule has 0 aliphatic rings. The van der Waals surface area contributed by atoms with Crippen LogP contribution in [0.15, 0.2) is 24.3 Å². The minimum Gasteiger partial charge on any atom is -0.387 e. The molecule has 0 bridgehead atoms. The van der Waals surface area contributed by atoms with Gasteiger partial charge in [0.2, 0.25) is 5.91 Å². The number of allylic oxidation sites excluding steroid dienone is 3. The van der Waals surface area contributed by atoms with Gasteiger partial charge in [-0.1, -0.05) is 173 Å². The number of aliphatic hydroxyl groups is 1. The van der Waals surface area contributed by atoms with Crippen molar-refractivity contribution in [1.82, 2.24) is 5.32 Å². The highest BCUT2D eigenvalue weighted by Crippen LogP contribution is 2.43. The fraction of sp³-hybridized carbons (Fsp3) is 0.878.